The van der Waals surface area contributed by atoms with Gasteiger partial charge >= 0.3 is 5.63 Å². The number of carboxylic acid groups (broad SMARTS) is 1. The molecule has 0 saturated heterocycles. The first-order chi connectivity index (χ1) is 9.93. The van der Waals surface area contributed by atoms with E-state index in [1.165, 1.54) is 12.1 Å². The van der Waals surface area contributed by atoms with Gasteiger partial charge in [0, 0.05) is 17.9 Å². The minimum atomic E-state index is -1.16. The second kappa shape index (κ2) is 5.97. The van der Waals surface area contributed by atoms with Crippen LogP contribution in [0.3, 0.4) is 0 Å². The van der Waals surface area contributed by atoms with Crippen molar-refractivity contribution in [1.29, 1.82) is 0 Å². The van der Waals surface area contributed by atoms with Crippen LogP contribution in [0.15, 0.2) is 27.4 Å². The topological polar surface area (TPSA) is 107 Å². The quantitative estimate of drug-likeness (QED) is 0.715. The lowest BCUT2D eigenvalue weighted by Crippen LogP contribution is -2.91. The molecule has 6 heteroatoms. The van der Waals surface area contributed by atoms with Crippen molar-refractivity contribution in [3.05, 3.63) is 39.7 Å². The highest BCUT2D eigenvalue weighted by atomic mass is 16.4. The van der Waals surface area contributed by atoms with Crippen LogP contribution in [0, 0.1) is 6.92 Å². The average molecular weight is 291 g/mol. The number of aliphatic carboxylic acids is 1. The summed E-state index contributed by atoms with van der Waals surface area (Å²) in [5.74, 6) is -1.18. The lowest BCUT2D eigenvalue weighted by molar-refractivity contribution is -0.698. The highest BCUT2D eigenvalue weighted by Gasteiger charge is 2.17. The molecule has 2 rings (SSSR count). The van der Waals surface area contributed by atoms with Gasteiger partial charge in [-0.25, -0.2) is 4.79 Å². The number of carbonyl (C=O) groups excluding carboxylic acids is 1. The van der Waals surface area contributed by atoms with E-state index in [-0.39, 0.29) is 12.3 Å². The Morgan fingerprint density at radius 1 is 1.48 bits per heavy atom. The standard InChI is InChI=1S/C15H17NO5/c1-3-11(15(19)20)16-7-10-12(17)5-4-9-8(2)6-13(18)21-14(9)10/h4-6,11,16-17H,3,7H2,1-2H3,(H,19,20)/t11-/m1/s1. The Hall–Kier alpha value is -2.34. The molecule has 0 aliphatic carbocycles. The lowest BCUT2D eigenvalue weighted by Gasteiger charge is -2.15. The molecule has 1 atom stereocenters. The largest absolute Gasteiger partial charge is 0.544 e. The number of quaternary nitrogens is 1. The Morgan fingerprint density at radius 2 is 2.19 bits per heavy atom. The number of phenols is 1. The number of aryl methyl sites for hydroxylation is 1. The average Bonchev–Trinajstić information content (AvgIpc) is 2.40. The van der Waals surface area contributed by atoms with Crippen LogP contribution < -0.4 is 16.0 Å². The van der Waals surface area contributed by atoms with Crippen LogP contribution in [-0.2, 0) is 11.3 Å². The van der Waals surface area contributed by atoms with Gasteiger partial charge in [0.25, 0.3) is 0 Å². The first-order valence-corrected chi connectivity index (χ1v) is 6.73. The van der Waals surface area contributed by atoms with E-state index in [4.69, 9.17) is 4.42 Å². The number of nitrogens with two attached hydrogens (primary N) is 1. The molecule has 0 saturated carbocycles. The maximum atomic E-state index is 11.5. The summed E-state index contributed by atoms with van der Waals surface area (Å²) in [7, 11) is 0. The Balaban J connectivity index is 2.45. The predicted octanol–water partition coefficient (Wildman–Crippen LogP) is -0.601. The molecule has 0 bridgehead atoms. The molecule has 0 fully saturated rings. The number of phenolic OH excluding ortho intramolecular Hbond substituents is 1. The molecule has 0 aliphatic rings. The summed E-state index contributed by atoms with van der Waals surface area (Å²) in [6.45, 7) is 3.70. The van der Waals surface area contributed by atoms with Gasteiger partial charge in [-0.3, -0.25) is 0 Å². The van der Waals surface area contributed by atoms with E-state index in [1.54, 1.807) is 25.2 Å². The molecule has 112 valence electrons. The van der Waals surface area contributed by atoms with Crippen molar-refractivity contribution < 1.29 is 24.7 Å². The fourth-order valence-electron chi connectivity index (χ4n) is 2.32. The molecule has 0 amide bonds. The van der Waals surface area contributed by atoms with E-state index in [2.05, 4.69) is 0 Å². The molecule has 1 aromatic heterocycles. The summed E-state index contributed by atoms with van der Waals surface area (Å²) in [6, 6.07) is 3.85. The van der Waals surface area contributed by atoms with Gasteiger partial charge in [0.2, 0.25) is 0 Å². The normalized spacial score (nSPS) is 12.5. The number of hydrogen-bond donors (Lipinski definition) is 2. The zero-order valence-corrected chi connectivity index (χ0v) is 11.9. The highest BCUT2D eigenvalue weighted by Crippen LogP contribution is 2.27. The van der Waals surface area contributed by atoms with Crippen molar-refractivity contribution in [3.8, 4) is 5.75 Å². The van der Waals surface area contributed by atoms with Crippen molar-refractivity contribution in [2.45, 2.75) is 32.9 Å². The molecule has 1 aromatic carbocycles. The Kier molecular flexibility index (Phi) is 4.28. The third kappa shape index (κ3) is 3.05. The fourth-order valence-corrected chi connectivity index (χ4v) is 2.32. The van der Waals surface area contributed by atoms with Crippen LogP contribution in [0.25, 0.3) is 11.0 Å². The number of fused-ring (bicyclic) bond motifs is 1. The first-order valence-electron chi connectivity index (χ1n) is 6.73. The number of hydrogen-bond acceptors (Lipinski definition) is 5. The molecule has 6 nitrogen and oxygen atoms in total. The molecule has 0 radical (unpaired) electrons. The van der Waals surface area contributed by atoms with E-state index in [1.807, 2.05) is 0 Å². The molecule has 3 N–H and O–H groups in total. The van der Waals surface area contributed by atoms with Gasteiger partial charge in [-0.15, -0.1) is 0 Å². The summed E-state index contributed by atoms with van der Waals surface area (Å²) in [6.07, 6.45) is 0.400. The van der Waals surface area contributed by atoms with Crippen molar-refractivity contribution in [2.24, 2.45) is 0 Å². The van der Waals surface area contributed by atoms with Gasteiger partial charge < -0.3 is 24.7 Å². The third-order valence-electron chi connectivity index (χ3n) is 3.55. The minimum absolute atomic E-state index is 0.0271. The number of rotatable bonds is 5. The van der Waals surface area contributed by atoms with Gasteiger partial charge in [0.1, 0.15) is 18.3 Å². The number of aromatic hydroxyl groups is 1. The summed E-state index contributed by atoms with van der Waals surface area (Å²) >= 11 is 0. The summed E-state index contributed by atoms with van der Waals surface area (Å²) in [5, 5.41) is 23.2. The summed E-state index contributed by atoms with van der Waals surface area (Å²) in [4.78, 5) is 22.4. The van der Waals surface area contributed by atoms with Crippen molar-refractivity contribution in [1.82, 2.24) is 0 Å². The number of benzene rings is 1. The Bertz CT molecular complexity index is 735. The molecular formula is C15H17NO5. The Morgan fingerprint density at radius 3 is 2.81 bits per heavy atom. The van der Waals surface area contributed by atoms with E-state index >= 15 is 0 Å². The van der Waals surface area contributed by atoms with E-state index in [0.717, 1.165) is 10.9 Å². The van der Waals surface area contributed by atoms with Crippen LogP contribution >= 0.6 is 0 Å². The van der Waals surface area contributed by atoms with Gasteiger partial charge in [0.05, 0.1) is 11.5 Å². The summed E-state index contributed by atoms with van der Waals surface area (Å²) in [5.41, 5.74) is 0.950. The van der Waals surface area contributed by atoms with Gasteiger partial charge in [0.15, 0.2) is 5.58 Å². The number of carbonyl (C=O) groups is 1. The Labute approximate surface area is 121 Å². The van der Waals surface area contributed by atoms with Crippen molar-refractivity contribution in [3.63, 3.8) is 0 Å². The lowest BCUT2D eigenvalue weighted by atomic mass is 10.1. The molecule has 0 aliphatic heterocycles. The molecule has 21 heavy (non-hydrogen) atoms. The van der Waals surface area contributed by atoms with Crippen LogP contribution in [0.4, 0.5) is 0 Å². The predicted molar refractivity (Wildman–Crippen MR) is 73.6 cm³/mol. The van der Waals surface area contributed by atoms with Crippen LogP contribution in [-0.4, -0.2) is 17.1 Å². The molecule has 1 heterocycles. The maximum Gasteiger partial charge on any atom is 0.336 e. The zero-order chi connectivity index (χ0) is 15.6. The molecule has 2 aromatic rings. The summed E-state index contributed by atoms with van der Waals surface area (Å²) < 4.78 is 5.18. The minimum Gasteiger partial charge on any atom is -0.544 e. The van der Waals surface area contributed by atoms with Crippen molar-refractivity contribution in [2.75, 3.05) is 0 Å². The SMILES string of the molecule is CC[C@@H]([NH2+]Cc1c(O)ccc2c(C)cc(=O)oc12)C(=O)[O-]. The zero-order valence-electron chi connectivity index (χ0n) is 11.9. The van der Waals surface area contributed by atoms with Gasteiger partial charge in [-0.1, -0.05) is 6.92 Å². The van der Waals surface area contributed by atoms with Crippen LogP contribution in [0.5, 0.6) is 5.75 Å². The number of carboxylic acids is 1. The van der Waals surface area contributed by atoms with Gasteiger partial charge in [-0.2, -0.15) is 0 Å². The first kappa shape index (κ1) is 15.1. The third-order valence-corrected chi connectivity index (χ3v) is 3.55. The van der Waals surface area contributed by atoms with Crippen molar-refractivity contribution >= 4 is 16.9 Å². The monoisotopic (exact) mass is 291 g/mol. The van der Waals surface area contributed by atoms with E-state index in [9.17, 15) is 19.8 Å². The second-order valence-corrected chi connectivity index (χ2v) is 4.96. The second-order valence-electron chi connectivity index (χ2n) is 4.96. The molecular weight excluding hydrogens is 274 g/mol. The maximum absolute atomic E-state index is 11.5. The highest BCUT2D eigenvalue weighted by molar-refractivity contribution is 5.84. The van der Waals surface area contributed by atoms with Gasteiger partial charge in [-0.05, 0) is 24.6 Å². The van der Waals surface area contributed by atoms with Crippen LogP contribution in [0.1, 0.15) is 24.5 Å². The fraction of sp³-hybridized carbons (Fsp3) is 0.333. The molecule has 0 spiro atoms. The smallest absolute Gasteiger partial charge is 0.336 e. The van der Waals surface area contributed by atoms with Crippen LogP contribution in [0.2, 0.25) is 0 Å². The van der Waals surface area contributed by atoms with E-state index < -0.39 is 17.6 Å². The molecule has 0 unspecified atom stereocenters. The van der Waals surface area contributed by atoms with E-state index in [0.29, 0.717) is 17.6 Å².